The van der Waals surface area contributed by atoms with Gasteiger partial charge in [-0.2, -0.15) is 0 Å². The zero-order valence-corrected chi connectivity index (χ0v) is 11.3. The summed E-state index contributed by atoms with van der Waals surface area (Å²) in [7, 11) is 0. The minimum atomic E-state index is -0.161. The number of nitrogens with zero attached hydrogens (tertiary/aromatic N) is 1. The third kappa shape index (κ3) is 2.69. The van der Waals surface area contributed by atoms with Crippen molar-refractivity contribution in [3.63, 3.8) is 0 Å². The fraction of sp³-hybridized carbons (Fsp3) is 0.0588. The summed E-state index contributed by atoms with van der Waals surface area (Å²) in [5.41, 5.74) is 1.26. The predicted octanol–water partition coefficient (Wildman–Crippen LogP) is 3.09. The van der Waals surface area contributed by atoms with Crippen molar-refractivity contribution >= 4 is 28.7 Å². The number of aldehydes is 1. The Morgan fingerprint density at radius 2 is 1.86 bits per heavy atom. The Morgan fingerprint density at radius 3 is 2.71 bits per heavy atom. The van der Waals surface area contributed by atoms with Gasteiger partial charge < -0.3 is 9.88 Å². The van der Waals surface area contributed by atoms with E-state index in [1.54, 1.807) is 22.9 Å². The summed E-state index contributed by atoms with van der Waals surface area (Å²) < 4.78 is 1.62. The number of carbonyl (C=O) groups excluding carboxylic acids is 2. The Labute approximate surface area is 122 Å². The molecule has 0 atom stereocenters. The first kappa shape index (κ1) is 13.1. The molecule has 0 aliphatic rings. The summed E-state index contributed by atoms with van der Waals surface area (Å²) in [4.78, 5) is 23.0. The number of hydrogen-bond donors (Lipinski definition) is 1. The van der Waals surface area contributed by atoms with Crippen molar-refractivity contribution in [1.82, 2.24) is 4.57 Å². The average Bonchev–Trinajstić information content (AvgIpc) is 2.94. The highest BCUT2D eigenvalue weighted by molar-refractivity contribution is 6.02. The van der Waals surface area contributed by atoms with E-state index >= 15 is 0 Å². The molecular weight excluding hydrogens is 264 g/mol. The molecule has 0 aliphatic carbocycles. The second kappa shape index (κ2) is 5.63. The van der Waals surface area contributed by atoms with Crippen molar-refractivity contribution in [3.05, 3.63) is 66.5 Å². The zero-order chi connectivity index (χ0) is 14.7. The number of fused-ring (bicyclic) bond motifs is 1. The van der Waals surface area contributed by atoms with Crippen molar-refractivity contribution in [3.8, 4) is 0 Å². The normalized spacial score (nSPS) is 10.5. The molecule has 0 aliphatic heterocycles. The quantitative estimate of drug-likeness (QED) is 0.746. The van der Waals surface area contributed by atoms with Gasteiger partial charge in [0.2, 0.25) is 5.91 Å². The van der Waals surface area contributed by atoms with Gasteiger partial charge in [-0.15, -0.1) is 0 Å². The molecule has 104 valence electrons. The smallest absolute Gasteiger partial charge is 0.244 e. The van der Waals surface area contributed by atoms with E-state index in [9.17, 15) is 9.59 Å². The van der Waals surface area contributed by atoms with Gasteiger partial charge in [-0.3, -0.25) is 9.59 Å². The summed E-state index contributed by atoms with van der Waals surface area (Å²) in [6.07, 6.45) is 2.46. The van der Waals surface area contributed by atoms with Crippen LogP contribution in [0.1, 0.15) is 10.5 Å². The van der Waals surface area contributed by atoms with E-state index in [-0.39, 0.29) is 12.5 Å². The first-order chi connectivity index (χ1) is 10.3. The van der Waals surface area contributed by atoms with Crippen LogP contribution in [-0.4, -0.2) is 16.8 Å². The van der Waals surface area contributed by atoms with E-state index in [0.717, 1.165) is 22.7 Å². The minimum Gasteiger partial charge on any atom is -0.336 e. The summed E-state index contributed by atoms with van der Waals surface area (Å²) in [5.74, 6) is -0.161. The molecule has 0 radical (unpaired) electrons. The third-order valence-corrected chi connectivity index (χ3v) is 3.36. The van der Waals surface area contributed by atoms with Crippen molar-refractivity contribution in [1.29, 1.82) is 0 Å². The van der Waals surface area contributed by atoms with Gasteiger partial charge in [0.1, 0.15) is 6.54 Å². The van der Waals surface area contributed by atoms with Crippen LogP contribution >= 0.6 is 0 Å². The summed E-state index contributed by atoms with van der Waals surface area (Å²) in [6, 6.07) is 17.1. The molecule has 4 heteroatoms. The maximum absolute atomic E-state index is 12.1. The van der Waals surface area contributed by atoms with Gasteiger partial charge in [0.15, 0.2) is 6.29 Å². The zero-order valence-electron chi connectivity index (χ0n) is 11.3. The van der Waals surface area contributed by atoms with E-state index in [2.05, 4.69) is 5.32 Å². The second-order valence-corrected chi connectivity index (χ2v) is 4.75. The van der Waals surface area contributed by atoms with Crippen LogP contribution in [0.2, 0.25) is 0 Å². The van der Waals surface area contributed by atoms with E-state index in [1.807, 2.05) is 42.5 Å². The highest BCUT2D eigenvalue weighted by Gasteiger charge is 2.08. The van der Waals surface area contributed by atoms with E-state index in [1.165, 1.54) is 0 Å². The molecular formula is C17H14N2O2. The lowest BCUT2D eigenvalue weighted by Crippen LogP contribution is -2.19. The summed E-state index contributed by atoms with van der Waals surface area (Å²) >= 11 is 0. The van der Waals surface area contributed by atoms with Crippen LogP contribution in [0.15, 0.2) is 60.8 Å². The molecule has 0 bridgehead atoms. The topological polar surface area (TPSA) is 51.1 Å². The van der Waals surface area contributed by atoms with Crippen molar-refractivity contribution in [2.45, 2.75) is 6.54 Å². The number of amides is 1. The molecule has 0 spiro atoms. The van der Waals surface area contributed by atoms with E-state index < -0.39 is 0 Å². The van der Waals surface area contributed by atoms with Gasteiger partial charge >= 0.3 is 0 Å². The number of anilines is 1. The lowest BCUT2D eigenvalue weighted by molar-refractivity contribution is -0.116. The molecule has 3 rings (SSSR count). The summed E-state index contributed by atoms with van der Waals surface area (Å²) in [6.45, 7) is 0.115. The van der Waals surface area contributed by atoms with Crippen LogP contribution < -0.4 is 5.32 Å². The average molecular weight is 278 g/mol. The van der Waals surface area contributed by atoms with Crippen molar-refractivity contribution in [2.24, 2.45) is 0 Å². The number of benzene rings is 2. The standard InChI is InChI=1S/C17H14N2O2/c20-12-14-7-4-10-19(14)11-17(21)18-16-9-3-6-13-5-1-2-8-15(13)16/h1-10,12H,11H2,(H,18,21). The van der Waals surface area contributed by atoms with Gasteiger partial charge in [-0.1, -0.05) is 36.4 Å². The van der Waals surface area contributed by atoms with Gasteiger partial charge in [0.05, 0.1) is 5.69 Å². The minimum absolute atomic E-state index is 0.115. The lowest BCUT2D eigenvalue weighted by atomic mass is 10.1. The first-order valence-electron chi connectivity index (χ1n) is 6.66. The molecule has 0 saturated carbocycles. The highest BCUT2D eigenvalue weighted by Crippen LogP contribution is 2.22. The molecule has 3 aromatic rings. The molecule has 1 aromatic heterocycles. The Bertz CT molecular complexity index is 800. The Balaban J connectivity index is 1.82. The van der Waals surface area contributed by atoms with Gasteiger partial charge in [-0.25, -0.2) is 0 Å². The monoisotopic (exact) mass is 278 g/mol. The van der Waals surface area contributed by atoms with Crippen molar-refractivity contribution in [2.75, 3.05) is 5.32 Å². The second-order valence-electron chi connectivity index (χ2n) is 4.75. The highest BCUT2D eigenvalue weighted by atomic mass is 16.2. The third-order valence-electron chi connectivity index (χ3n) is 3.36. The fourth-order valence-electron chi connectivity index (χ4n) is 2.36. The van der Waals surface area contributed by atoms with Crippen LogP contribution in [0.4, 0.5) is 5.69 Å². The van der Waals surface area contributed by atoms with Gasteiger partial charge in [0, 0.05) is 17.3 Å². The maximum Gasteiger partial charge on any atom is 0.244 e. The molecule has 0 saturated heterocycles. The first-order valence-corrected chi connectivity index (χ1v) is 6.66. The number of rotatable bonds is 4. The molecule has 0 fully saturated rings. The van der Waals surface area contributed by atoms with Crippen LogP contribution in [0, 0.1) is 0 Å². The molecule has 0 unspecified atom stereocenters. The van der Waals surface area contributed by atoms with Crippen molar-refractivity contribution < 1.29 is 9.59 Å². The fourth-order valence-corrected chi connectivity index (χ4v) is 2.36. The molecule has 1 heterocycles. The van der Waals surface area contributed by atoms with E-state index in [4.69, 9.17) is 0 Å². The maximum atomic E-state index is 12.1. The SMILES string of the molecule is O=Cc1cccn1CC(=O)Nc1cccc2ccccc12. The Hall–Kier alpha value is -2.88. The number of aromatic nitrogens is 1. The molecule has 1 amide bonds. The molecule has 4 nitrogen and oxygen atoms in total. The Morgan fingerprint density at radius 1 is 1.05 bits per heavy atom. The molecule has 1 N–H and O–H groups in total. The Kier molecular flexibility index (Phi) is 3.51. The molecule has 21 heavy (non-hydrogen) atoms. The lowest BCUT2D eigenvalue weighted by Gasteiger charge is -2.10. The van der Waals surface area contributed by atoms with Gasteiger partial charge in [0.25, 0.3) is 0 Å². The van der Waals surface area contributed by atoms with Crippen LogP contribution in [0.3, 0.4) is 0 Å². The van der Waals surface area contributed by atoms with Crippen LogP contribution in [-0.2, 0) is 11.3 Å². The number of hydrogen-bond acceptors (Lipinski definition) is 2. The predicted molar refractivity (Wildman–Crippen MR) is 82.4 cm³/mol. The number of nitrogens with one attached hydrogen (secondary N) is 1. The summed E-state index contributed by atoms with van der Waals surface area (Å²) in [5, 5.41) is 4.97. The molecule has 2 aromatic carbocycles. The van der Waals surface area contributed by atoms with E-state index in [0.29, 0.717) is 5.69 Å². The largest absolute Gasteiger partial charge is 0.336 e. The van der Waals surface area contributed by atoms with Gasteiger partial charge in [-0.05, 0) is 23.6 Å². The van der Waals surface area contributed by atoms with Crippen LogP contribution in [0.25, 0.3) is 10.8 Å². The van der Waals surface area contributed by atoms with Crippen LogP contribution in [0.5, 0.6) is 0 Å². The number of carbonyl (C=O) groups is 2.